The van der Waals surface area contributed by atoms with E-state index in [0.717, 1.165) is 14.9 Å². The van der Waals surface area contributed by atoms with Crippen LogP contribution < -0.4 is 0 Å². The van der Waals surface area contributed by atoms with E-state index in [1.807, 2.05) is 60.7 Å². The highest BCUT2D eigenvalue weighted by atomic mass is 79.9. The molecule has 2 atom stereocenters. The Balaban J connectivity index is 1.75. The van der Waals surface area contributed by atoms with Gasteiger partial charge in [0.15, 0.2) is 5.78 Å². The first-order valence-corrected chi connectivity index (χ1v) is 11.3. The van der Waals surface area contributed by atoms with Crippen LogP contribution in [0.15, 0.2) is 107 Å². The molecule has 1 aromatic heterocycles. The van der Waals surface area contributed by atoms with Crippen LogP contribution in [-0.4, -0.2) is 20.5 Å². The molecule has 0 unspecified atom stereocenters. The summed E-state index contributed by atoms with van der Waals surface area (Å²) >= 11 is 5.16. The van der Waals surface area contributed by atoms with Gasteiger partial charge in [0.2, 0.25) is 0 Å². The lowest BCUT2D eigenvalue weighted by atomic mass is 9.90. The molecule has 0 saturated heterocycles. The maximum Gasteiger partial charge on any atom is 0.169 e. The van der Waals surface area contributed by atoms with E-state index in [9.17, 15) is 4.79 Å². The SMILES string of the molecule is O=C(c1ccc(Br)cc1)[C@H](Cn1cncn1)[C@@H](Sc1ccccc1)c1ccccc1. The number of ketones is 1. The quantitative estimate of drug-likeness (QED) is 0.228. The minimum Gasteiger partial charge on any atom is -0.294 e. The highest BCUT2D eigenvalue weighted by Gasteiger charge is 2.32. The Labute approximate surface area is 188 Å². The van der Waals surface area contributed by atoms with E-state index in [1.54, 1.807) is 22.8 Å². The molecule has 1 heterocycles. The van der Waals surface area contributed by atoms with E-state index in [4.69, 9.17) is 0 Å². The van der Waals surface area contributed by atoms with Gasteiger partial charge in [0.25, 0.3) is 0 Å². The van der Waals surface area contributed by atoms with E-state index in [-0.39, 0.29) is 17.0 Å². The number of nitrogens with zero attached hydrogens (tertiary/aromatic N) is 3. The predicted molar refractivity (Wildman–Crippen MR) is 123 cm³/mol. The summed E-state index contributed by atoms with van der Waals surface area (Å²) in [4.78, 5) is 18.9. The summed E-state index contributed by atoms with van der Waals surface area (Å²) in [6.45, 7) is 0.453. The van der Waals surface area contributed by atoms with Crippen molar-refractivity contribution in [2.24, 2.45) is 5.92 Å². The van der Waals surface area contributed by atoms with Gasteiger partial charge < -0.3 is 0 Å². The third-order valence-corrected chi connectivity index (χ3v) is 6.74. The second kappa shape index (κ2) is 9.87. The number of hydrogen-bond donors (Lipinski definition) is 0. The van der Waals surface area contributed by atoms with Crippen LogP contribution in [-0.2, 0) is 6.54 Å². The summed E-state index contributed by atoms with van der Waals surface area (Å²) in [5, 5.41) is 4.19. The summed E-state index contributed by atoms with van der Waals surface area (Å²) in [5.74, 6) is -0.226. The Kier molecular flexibility index (Phi) is 6.77. The number of hydrogen-bond acceptors (Lipinski definition) is 4. The molecule has 0 bridgehead atoms. The van der Waals surface area contributed by atoms with Crippen molar-refractivity contribution >= 4 is 33.5 Å². The molecule has 30 heavy (non-hydrogen) atoms. The molecular weight excluding hydrogens is 458 g/mol. The zero-order chi connectivity index (χ0) is 20.8. The number of carbonyl (C=O) groups excluding carboxylic acids is 1. The molecular formula is C24H20BrN3OS. The molecule has 150 valence electrons. The predicted octanol–water partition coefficient (Wildman–Crippen LogP) is 6.07. The number of thioether (sulfide) groups is 1. The minimum atomic E-state index is -0.319. The van der Waals surface area contributed by atoms with Crippen molar-refractivity contribution in [2.75, 3.05) is 0 Å². The summed E-state index contributed by atoms with van der Waals surface area (Å²) < 4.78 is 2.69. The Bertz CT molecular complexity index is 1070. The average Bonchev–Trinajstić information content (AvgIpc) is 3.31. The fourth-order valence-electron chi connectivity index (χ4n) is 3.34. The van der Waals surface area contributed by atoms with Gasteiger partial charge in [0.1, 0.15) is 12.7 Å². The normalized spacial score (nSPS) is 13.0. The lowest BCUT2D eigenvalue weighted by Gasteiger charge is -2.26. The van der Waals surface area contributed by atoms with Gasteiger partial charge >= 0.3 is 0 Å². The molecule has 6 heteroatoms. The summed E-state index contributed by atoms with van der Waals surface area (Å²) in [6, 6.07) is 28.0. The van der Waals surface area contributed by atoms with Crippen LogP contribution in [0.5, 0.6) is 0 Å². The lowest BCUT2D eigenvalue weighted by Crippen LogP contribution is -2.26. The summed E-state index contributed by atoms with van der Waals surface area (Å²) in [5.41, 5.74) is 1.81. The van der Waals surface area contributed by atoms with Gasteiger partial charge in [0, 0.05) is 20.2 Å². The zero-order valence-electron chi connectivity index (χ0n) is 16.1. The molecule has 0 fully saturated rings. The molecule has 0 aliphatic heterocycles. The highest BCUT2D eigenvalue weighted by Crippen LogP contribution is 2.42. The lowest BCUT2D eigenvalue weighted by molar-refractivity contribution is 0.0901. The third-order valence-electron chi connectivity index (χ3n) is 4.82. The van der Waals surface area contributed by atoms with Crippen molar-refractivity contribution in [1.29, 1.82) is 0 Å². The molecule has 0 aliphatic rings. The largest absolute Gasteiger partial charge is 0.294 e. The maximum atomic E-state index is 13.7. The fraction of sp³-hybridized carbons (Fsp3) is 0.125. The van der Waals surface area contributed by atoms with Gasteiger partial charge in [-0.3, -0.25) is 9.48 Å². The van der Waals surface area contributed by atoms with Gasteiger partial charge in [-0.2, -0.15) is 5.10 Å². The molecule has 0 aliphatic carbocycles. The van der Waals surface area contributed by atoms with Crippen molar-refractivity contribution in [2.45, 2.75) is 16.7 Å². The second-order valence-electron chi connectivity index (χ2n) is 6.86. The van der Waals surface area contributed by atoms with Crippen molar-refractivity contribution in [3.05, 3.63) is 113 Å². The number of halogens is 1. The third kappa shape index (κ3) is 5.07. The number of Topliss-reactive ketones (excluding diaryl/α,β-unsaturated/α-hetero) is 1. The molecule has 0 radical (unpaired) electrons. The van der Waals surface area contributed by atoms with Gasteiger partial charge in [-0.05, 0) is 29.8 Å². The molecule has 4 aromatic rings. The van der Waals surface area contributed by atoms with Gasteiger partial charge in [0.05, 0.1) is 12.5 Å². The first-order chi connectivity index (χ1) is 14.7. The molecule has 4 nitrogen and oxygen atoms in total. The Morgan fingerprint density at radius 3 is 2.23 bits per heavy atom. The van der Waals surface area contributed by atoms with Crippen LogP contribution >= 0.6 is 27.7 Å². The monoisotopic (exact) mass is 477 g/mol. The van der Waals surface area contributed by atoms with Crippen molar-refractivity contribution in [3.63, 3.8) is 0 Å². The van der Waals surface area contributed by atoms with E-state index in [2.05, 4.69) is 50.3 Å². The van der Waals surface area contributed by atoms with Gasteiger partial charge in [-0.15, -0.1) is 11.8 Å². The van der Waals surface area contributed by atoms with Gasteiger partial charge in [-0.1, -0.05) is 76.6 Å². The summed E-state index contributed by atoms with van der Waals surface area (Å²) in [6.07, 6.45) is 3.17. The minimum absolute atomic E-state index is 0.0750. The Morgan fingerprint density at radius 2 is 1.60 bits per heavy atom. The molecule has 0 saturated carbocycles. The topological polar surface area (TPSA) is 47.8 Å². The van der Waals surface area contributed by atoms with Crippen LogP contribution in [0.3, 0.4) is 0 Å². The number of carbonyl (C=O) groups is 1. The van der Waals surface area contributed by atoms with Gasteiger partial charge in [-0.25, -0.2) is 4.98 Å². The smallest absolute Gasteiger partial charge is 0.169 e. The second-order valence-corrected chi connectivity index (χ2v) is 8.99. The van der Waals surface area contributed by atoms with E-state index in [1.165, 1.54) is 6.33 Å². The van der Waals surface area contributed by atoms with Crippen molar-refractivity contribution in [3.8, 4) is 0 Å². The first kappa shape index (κ1) is 20.6. The fourth-order valence-corrected chi connectivity index (χ4v) is 4.88. The standard InChI is InChI=1S/C24H20BrN3OS/c25-20-13-11-18(12-14-20)23(29)22(15-28-17-26-16-27-28)24(19-7-3-1-4-8-19)30-21-9-5-2-6-10-21/h1-14,16-17,22,24H,15H2/t22-,24-/m0/s1. The molecule has 4 rings (SSSR count). The van der Waals surface area contributed by atoms with Crippen molar-refractivity contribution < 1.29 is 4.79 Å². The molecule has 0 spiro atoms. The number of rotatable bonds is 8. The van der Waals surface area contributed by atoms with E-state index < -0.39 is 0 Å². The van der Waals surface area contributed by atoms with Crippen LogP contribution in [0.1, 0.15) is 21.2 Å². The average molecular weight is 478 g/mol. The Hall–Kier alpha value is -2.70. The van der Waals surface area contributed by atoms with E-state index in [0.29, 0.717) is 12.1 Å². The van der Waals surface area contributed by atoms with Crippen LogP contribution in [0, 0.1) is 5.92 Å². The zero-order valence-corrected chi connectivity index (χ0v) is 18.5. The highest BCUT2D eigenvalue weighted by molar-refractivity contribution is 9.10. The Morgan fingerprint density at radius 1 is 0.933 bits per heavy atom. The molecule has 0 amide bonds. The molecule has 3 aromatic carbocycles. The maximum absolute atomic E-state index is 13.7. The van der Waals surface area contributed by atoms with Crippen LogP contribution in [0.25, 0.3) is 0 Å². The number of aromatic nitrogens is 3. The molecule has 0 N–H and O–H groups in total. The number of benzene rings is 3. The van der Waals surface area contributed by atoms with Crippen molar-refractivity contribution in [1.82, 2.24) is 14.8 Å². The summed E-state index contributed by atoms with van der Waals surface area (Å²) in [7, 11) is 0. The van der Waals surface area contributed by atoms with Crippen LogP contribution in [0.4, 0.5) is 0 Å². The van der Waals surface area contributed by atoms with E-state index >= 15 is 0 Å². The first-order valence-electron chi connectivity index (χ1n) is 9.59. The van der Waals surface area contributed by atoms with Crippen LogP contribution in [0.2, 0.25) is 0 Å².